The number of carbonyl (C=O) groups is 2. The van der Waals surface area contributed by atoms with Crippen molar-refractivity contribution in [2.75, 3.05) is 27.7 Å². The summed E-state index contributed by atoms with van der Waals surface area (Å²) in [7, 11) is 5.76. The van der Waals surface area contributed by atoms with E-state index in [2.05, 4.69) is 0 Å². The Morgan fingerprint density at radius 3 is 2.39 bits per heavy atom. The number of aliphatic carboxylic acids is 1. The molecule has 0 heterocycles. The normalized spacial score (nSPS) is 14.7. The highest BCUT2D eigenvalue weighted by molar-refractivity contribution is 5.71. The lowest BCUT2D eigenvalue weighted by Crippen LogP contribution is -2.43. The molecule has 134 valence electrons. The van der Waals surface area contributed by atoms with Crippen LogP contribution in [0.15, 0.2) is 12.2 Å². The van der Waals surface area contributed by atoms with Crippen molar-refractivity contribution in [3.63, 3.8) is 0 Å². The average Bonchev–Trinajstić information content (AvgIpc) is 2.35. The Morgan fingerprint density at radius 2 is 1.87 bits per heavy atom. The second-order valence-corrected chi connectivity index (χ2v) is 6.88. The van der Waals surface area contributed by atoms with Crippen LogP contribution >= 0.6 is 0 Å². The van der Waals surface area contributed by atoms with E-state index >= 15 is 0 Å². The van der Waals surface area contributed by atoms with E-state index in [-0.39, 0.29) is 12.8 Å². The number of likely N-dealkylation sites (N-methyl/N-ethyl adjacent to an activating group) is 1. The number of quaternary nitrogens is 1. The molecule has 0 radical (unpaired) electrons. The minimum Gasteiger partial charge on any atom is -0.481 e. The van der Waals surface area contributed by atoms with Crippen LogP contribution in [0.3, 0.4) is 0 Å². The lowest BCUT2D eigenvalue weighted by molar-refractivity contribution is -0.873. The quantitative estimate of drug-likeness (QED) is 0.325. The zero-order chi connectivity index (χ0) is 17.9. The molecule has 0 fully saturated rings. The molecule has 23 heavy (non-hydrogen) atoms. The largest absolute Gasteiger partial charge is 0.481 e. The summed E-state index contributed by atoms with van der Waals surface area (Å²) in [6.07, 6.45) is 5.51. The minimum atomic E-state index is -0.976. The molecule has 6 heteroatoms. The topological polar surface area (TPSA) is 83.8 Å². The predicted molar refractivity (Wildman–Crippen MR) is 88.9 cm³/mol. The maximum absolute atomic E-state index is 11.8. The summed E-state index contributed by atoms with van der Waals surface area (Å²) in [5, 5.41) is 18.7. The number of aliphatic hydroxyl groups is 1. The summed E-state index contributed by atoms with van der Waals surface area (Å²) in [6.45, 7) is 2.39. The van der Waals surface area contributed by atoms with E-state index < -0.39 is 24.1 Å². The van der Waals surface area contributed by atoms with E-state index in [1.165, 1.54) is 0 Å². The average molecular weight is 330 g/mol. The summed E-state index contributed by atoms with van der Waals surface area (Å²) in [6, 6.07) is 0. The second kappa shape index (κ2) is 11.2. The molecule has 0 spiro atoms. The van der Waals surface area contributed by atoms with E-state index in [4.69, 9.17) is 9.84 Å². The van der Waals surface area contributed by atoms with Gasteiger partial charge in [-0.25, -0.2) is 0 Å². The summed E-state index contributed by atoms with van der Waals surface area (Å²) in [5.74, 6) is -1.37. The van der Waals surface area contributed by atoms with Crippen molar-refractivity contribution >= 4 is 11.9 Å². The van der Waals surface area contributed by atoms with Gasteiger partial charge < -0.3 is 19.4 Å². The van der Waals surface area contributed by atoms with Crippen molar-refractivity contribution in [3.05, 3.63) is 12.2 Å². The van der Waals surface area contributed by atoms with Crippen LogP contribution in [-0.4, -0.2) is 66.5 Å². The predicted octanol–water partition coefficient (Wildman–Crippen LogP) is 1.97. The molecule has 2 atom stereocenters. The van der Waals surface area contributed by atoms with Gasteiger partial charge in [0.05, 0.1) is 33.7 Å². The van der Waals surface area contributed by atoms with Gasteiger partial charge in [-0.2, -0.15) is 0 Å². The van der Waals surface area contributed by atoms with Gasteiger partial charge in [-0.3, -0.25) is 9.59 Å². The van der Waals surface area contributed by atoms with Crippen LogP contribution in [0.5, 0.6) is 0 Å². The molecule has 0 rings (SSSR count). The van der Waals surface area contributed by atoms with Crippen LogP contribution in [0, 0.1) is 0 Å². The number of esters is 1. The molecule has 0 aromatic heterocycles. The van der Waals surface area contributed by atoms with Crippen LogP contribution in [0.4, 0.5) is 0 Å². The smallest absolute Gasteiger partial charge is 0.307 e. The number of nitrogens with zero attached hydrogens (tertiary/aromatic N) is 1. The summed E-state index contributed by atoms with van der Waals surface area (Å²) >= 11 is 0. The first kappa shape index (κ1) is 21.6. The maximum Gasteiger partial charge on any atom is 0.307 e. The summed E-state index contributed by atoms with van der Waals surface area (Å²) < 4.78 is 5.81. The first-order valence-electron chi connectivity index (χ1n) is 8.15. The van der Waals surface area contributed by atoms with Crippen molar-refractivity contribution in [1.29, 1.82) is 0 Å². The maximum atomic E-state index is 11.8. The standard InChI is InChI=1S/C17H31NO5/c1-5-6-7-9-14(19)10-8-11-17(22)23-15(12-16(20)21)13-18(2,3)4/h5-6,14-15,19H,7-13H2,1-4H3/p+1/b6-5+. The number of ether oxygens (including phenoxy) is 1. The van der Waals surface area contributed by atoms with Crippen molar-refractivity contribution in [3.8, 4) is 0 Å². The van der Waals surface area contributed by atoms with Crippen LogP contribution in [0.2, 0.25) is 0 Å². The molecule has 0 aromatic rings. The molecule has 0 bridgehead atoms. The highest BCUT2D eigenvalue weighted by Gasteiger charge is 2.24. The van der Waals surface area contributed by atoms with Gasteiger partial charge in [-0.15, -0.1) is 0 Å². The fraction of sp³-hybridized carbons (Fsp3) is 0.765. The first-order valence-corrected chi connectivity index (χ1v) is 8.15. The van der Waals surface area contributed by atoms with Gasteiger partial charge in [0.2, 0.25) is 0 Å². The van der Waals surface area contributed by atoms with Crippen molar-refractivity contribution in [2.24, 2.45) is 0 Å². The Bertz CT molecular complexity index is 387. The fourth-order valence-corrected chi connectivity index (χ4v) is 2.28. The van der Waals surface area contributed by atoms with Crippen molar-refractivity contribution in [1.82, 2.24) is 0 Å². The van der Waals surface area contributed by atoms with Gasteiger partial charge in [-0.1, -0.05) is 12.2 Å². The second-order valence-electron chi connectivity index (χ2n) is 6.88. The van der Waals surface area contributed by atoms with Crippen LogP contribution < -0.4 is 0 Å². The molecule has 2 unspecified atom stereocenters. The Balaban J connectivity index is 4.14. The van der Waals surface area contributed by atoms with E-state index in [0.29, 0.717) is 30.3 Å². The molecule has 2 N–H and O–H groups in total. The first-order chi connectivity index (χ1) is 10.6. The zero-order valence-corrected chi connectivity index (χ0v) is 14.8. The van der Waals surface area contributed by atoms with Crippen LogP contribution in [0.25, 0.3) is 0 Å². The lowest BCUT2D eigenvalue weighted by Gasteiger charge is -2.28. The van der Waals surface area contributed by atoms with E-state index in [1.807, 2.05) is 40.2 Å². The van der Waals surface area contributed by atoms with Crippen molar-refractivity contribution < 1.29 is 29.0 Å². The summed E-state index contributed by atoms with van der Waals surface area (Å²) in [5.41, 5.74) is 0. The third kappa shape index (κ3) is 14.0. The van der Waals surface area contributed by atoms with Crippen LogP contribution in [0.1, 0.15) is 45.4 Å². The third-order valence-electron chi connectivity index (χ3n) is 3.27. The van der Waals surface area contributed by atoms with Gasteiger partial charge in [0.25, 0.3) is 0 Å². The van der Waals surface area contributed by atoms with Gasteiger partial charge in [0.1, 0.15) is 6.54 Å². The number of carbonyl (C=O) groups excluding carboxylic acids is 1. The minimum absolute atomic E-state index is 0.187. The molecule has 0 aromatic carbocycles. The highest BCUT2D eigenvalue weighted by Crippen LogP contribution is 2.11. The fourth-order valence-electron chi connectivity index (χ4n) is 2.28. The highest BCUT2D eigenvalue weighted by atomic mass is 16.5. The molecule has 0 saturated heterocycles. The Morgan fingerprint density at radius 1 is 1.22 bits per heavy atom. The number of rotatable bonds is 12. The number of carboxylic acid groups (broad SMARTS) is 1. The number of carboxylic acids is 1. The molecule has 0 aliphatic heterocycles. The Kier molecular flexibility index (Phi) is 10.5. The van der Waals surface area contributed by atoms with Gasteiger partial charge in [0.15, 0.2) is 6.10 Å². The van der Waals surface area contributed by atoms with Gasteiger partial charge in [0, 0.05) is 6.42 Å². The molecule has 6 nitrogen and oxygen atoms in total. The van der Waals surface area contributed by atoms with Crippen molar-refractivity contribution in [2.45, 2.75) is 57.7 Å². The molecular weight excluding hydrogens is 298 g/mol. The molecule has 0 saturated carbocycles. The summed E-state index contributed by atoms with van der Waals surface area (Å²) in [4.78, 5) is 22.7. The Labute approximate surface area is 139 Å². The molecule has 0 aliphatic rings. The SMILES string of the molecule is C/C=C/CCC(O)CCCC(=O)OC(CC(=O)O)C[N+](C)(C)C. The monoisotopic (exact) mass is 330 g/mol. The van der Waals surface area contributed by atoms with Gasteiger partial charge in [-0.05, 0) is 32.6 Å². The van der Waals surface area contributed by atoms with E-state index in [9.17, 15) is 14.7 Å². The van der Waals surface area contributed by atoms with E-state index in [0.717, 1.165) is 6.42 Å². The Hall–Kier alpha value is -1.40. The van der Waals surface area contributed by atoms with Crippen LogP contribution in [-0.2, 0) is 14.3 Å². The molecular formula is C17H32NO5+. The van der Waals surface area contributed by atoms with E-state index in [1.54, 1.807) is 0 Å². The molecule has 0 amide bonds. The molecule has 0 aliphatic carbocycles. The number of allylic oxidation sites excluding steroid dienone is 2. The number of hydrogen-bond donors (Lipinski definition) is 2. The zero-order valence-electron chi connectivity index (χ0n) is 14.8. The number of hydrogen-bond acceptors (Lipinski definition) is 4. The lowest BCUT2D eigenvalue weighted by atomic mass is 10.1. The van der Waals surface area contributed by atoms with Gasteiger partial charge >= 0.3 is 11.9 Å². The third-order valence-corrected chi connectivity index (χ3v) is 3.27. The number of aliphatic hydroxyl groups excluding tert-OH is 1.